The minimum atomic E-state index is -0.179. The second-order valence-corrected chi connectivity index (χ2v) is 6.92. The molecule has 0 saturated heterocycles. The van der Waals surface area contributed by atoms with Gasteiger partial charge in [0.15, 0.2) is 0 Å². The van der Waals surface area contributed by atoms with Gasteiger partial charge in [0.2, 0.25) is 0 Å². The van der Waals surface area contributed by atoms with E-state index in [0.29, 0.717) is 11.3 Å². The molecular weight excluding hydrogens is 384 g/mol. The Labute approximate surface area is 183 Å². The molecule has 0 atom stereocenters. The second kappa shape index (κ2) is 10.6. The van der Waals surface area contributed by atoms with Gasteiger partial charge in [0.1, 0.15) is 0 Å². The summed E-state index contributed by atoms with van der Waals surface area (Å²) in [4.78, 5) is 16.7. The van der Waals surface area contributed by atoms with Crippen LogP contribution in [0.2, 0.25) is 0 Å². The normalized spacial score (nSPS) is 11.5. The first-order valence-electron chi connectivity index (χ1n) is 9.99. The summed E-state index contributed by atoms with van der Waals surface area (Å²) in [6.45, 7) is 7.34. The van der Waals surface area contributed by atoms with Crippen molar-refractivity contribution in [2.75, 3.05) is 16.0 Å². The molecule has 0 fully saturated rings. The highest BCUT2D eigenvalue weighted by molar-refractivity contribution is 6.05. The van der Waals surface area contributed by atoms with Crippen LogP contribution in [0.25, 0.3) is 0 Å². The Kier molecular flexibility index (Phi) is 7.38. The maximum Gasteiger partial charge on any atom is 0.255 e. The second-order valence-electron chi connectivity index (χ2n) is 6.92. The van der Waals surface area contributed by atoms with Crippen molar-refractivity contribution in [3.05, 3.63) is 108 Å². The first-order chi connectivity index (χ1) is 15.1. The zero-order valence-corrected chi connectivity index (χ0v) is 17.7. The van der Waals surface area contributed by atoms with Gasteiger partial charge in [0, 0.05) is 39.7 Å². The Hall–Kier alpha value is -4.12. The monoisotopic (exact) mass is 410 g/mol. The fourth-order valence-corrected chi connectivity index (χ4v) is 2.93. The standard InChI is InChI=1S/C26H26N4O/c1-4-21(16-19(2)27-3)28-23-13-8-10-20(17-23)26(31)30-25-15-9-14-24(18-25)29-22-11-6-5-7-12-22/h4-18,28-29H,3H2,1-2H3,(H,30,31)/b19-16-,21-4+. The van der Waals surface area contributed by atoms with Crippen molar-refractivity contribution in [3.8, 4) is 0 Å². The van der Waals surface area contributed by atoms with Crippen molar-refractivity contribution >= 4 is 35.4 Å². The first-order valence-corrected chi connectivity index (χ1v) is 9.99. The molecule has 31 heavy (non-hydrogen) atoms. The van der Waals surface area contributed by atoms with Crippen molar-refractivity contribution in [1.82, 2.24) is 0 Å². The minimum Gasteiger partial charge on any atom is -0.356 e. The number of hydrogen-bond acceptors (Lipinski definition) is 4. The highest BCUT2D eigenvalue weighted by atomic mass is 16.1. The Morgan fingerprint density at radius 3 is 2.19 bits per heavy atom. The lowest BCUT2D eigenvalue weighted by Gasteiger charge is -2.11. The van der Waals surface area contributed by atoms with Crippen LogP contribution in [0.4, 0.5) is 22.7 Å². The molecule has 5 heteroatoms. The van der Waals surface area contributed by atoms with E-state index in [4.69, 9.17) is 0 Å². The smallest absolute Gasteiger partial charge is 0.255 e. The van der Waals surface area contributed by atoms with Crippen molar-refractivity contribution in [1.29, 1.82) is 0 Å². The van der Waals surface area contributed by atoms with Crippen LogP contribution in [-0.2, 0) is 0 Å². The number of hydrogen-bond donors (Lipinski definition) is 3. The van der Waals surface area contributed by atoms with Gasteiger partial charge in [-0.15, -0.1) is 0 Å². The van der Waals surface area contributed by atoms with Gasteiger partial charge in [-0.05, 0) is 75.2 Å². The molecule has 0 saturated carbocycles. The lowest BCUT2D eigenvalue weighted by Crippen LogP contribution is -2.12. The molecule has 3 N–H and O–H groups in total. The molecule has 0 radical (unpaired) electrons. The van der Waals surface area contributed by atoms with E-state index in [1.54, 1.807) is 6.07 Å². The summed E-state index contributed by atoms with van der Waals surface area (Å²) < 4.78 is 0. The number of para-hydroxylation sites is 1. The van der Waals surface area contributed by atoms with Gasteiger partial charge in [-0.2, -0.15) is 0 Å². The van der Waals surface area contributed by atoms with Gasteiger partial charge < -0.3 is 16.0 Å². The number of aliphatic imine (C=N–C) groups is 1. The van der Waals surface area contributed by atoms with Crippen molar-refractivity contribution in [3.63, 3.8) is 0 Å². The summed E-state index contributed by atoms with van der Waals surface area (Å²) >= 11 is 0. The highest BCUT2D eigenvalue weighted by Gasteiger charge is 2.08. The van der Waals surface area contributed by atoms with Crippen LogP contribution < -0.4 is 16.0 Å². The van der Waals surface area contributed by atoms with Crippen LogP contribution in [0.15, 0.2) is 107 Å². The summed E-state index contributed by atoms with van der Waals surface area (Å²) in [5.74, 6) is -0.179. The third kappa shape index (κ3) is 6.44. The maximum absolute atomic E-state index is 12.8. The first kappa shape index (κ1) is 21.6. The van der Waals surface area contributed by atoms with Gasteiger partial charge in [-0.25, -0.2) is 0 Å². The SMILES string of the molecule is C=N/C(C)=C\C(=C/C)Nc1cccc(C(=O)Nc2cccc(Nc3ccccc3)c2)c1. The van der Waals surface area contributed by atoms with E-state index in [1.807, 2.05) is 98.8 Å². The molecule has 0 aliphatic heterocycles. The van der Waals surface area contributed by atoms with Crippen LogP contribution in [0, 0.1) is 0 Å². The quantitative estimate of drug-likeness (QED) is 0.289. The molecule has 0 spiro atoms. The molecule has 0 aliphatic rings. The summed E-state index contributed by atoms with van der Waals surface area (Å²) in [6.07, 6.45) is 3.83. The molecule has 156 valence electrons. The maximum atomic E-state index is 12.8. The fourth-order valence-electron chi connectivity index (χ4n) is 2.93. The van der Waals surface area contributed by atoms with E-state index >= 15 is 0 Å². The average Bonchev–Trinajstić information content (AvgIpc) is 2.79. The molecule has 0 heterocycles. The molecule has 0 aliphatic carbocycles. The van der Waals surface area contributed by atoms with Crippen molar-refractivity contribution in [2.45, 2.75) is 13.8 Å². The molecule has 3 aromatic carbocycles. The van der Waals surface area contributed by atoms with E-state index in [0.717, 1.165) is 28.5 Å². The number of amides is 1. The Balaban J connectivity index is 1.70. The van der Waals surface area contributed by atoms with Crippen molar-refractivity contribution in [2.24, 2.45) is 4.99 Å². The van der Waals surface area contributed by atoms with Gasteiger partial charge >= 0.3 is 0 Å². The number of nitrogens with zero attached hydrogens (tertiary/aromatic N) is 1. The molecule has 3 aromatic rings. The van der Waals surface area contributed by atoms with Gasteiger partial charge in [0.05, 0.1) is 0 Å². The number of carbonyl (C=O) groups excluding carboxylic acids is 1. The van der Waals surface area contributed by atoms with Crippen LogP contribution in [0.5, 0.6) is 0 Å². The highest BCUT2D eigenvalue weighted by Crippen LogP contribution is 2.21. The van der Waals surface area contributed by atoms with E-state index in [1.165, 1.54) is 0 Å². The third-order valence-corrected chi connectivity index (χ3v) is 4.52. The number of allylic oxidation sites excluding steroid dienone is 3. The molecule has 0 aromatic heterocycles. The zero-order valence-electron chi connectivity index (χ0n) is 17.7. The average molecular weight is 411 g/mol. The van der Waals surface area contributed by atoms with Gasteiger partial charge in [-0.3, -0.25) is 9.79 Å². The van der Waals surface area contributed by atoms with E-state index < -0.39 is 0 Å². The predicted octanol–water partition coefficient (Wildman–Crippen LogP) is 6.60. The molecule has 0 unspecified atom stereocenters. The van der Waals surface area contributed by atoms with E-state index in [9.17, 15) is 4.79 Å². The Morgan fingerprint density at radius 1 is 0.839 bits per heavy atom. The summed E-state index contributed by atoms with van der Waals surface area (Å²) in [7, 11) is 0. The number of anilines is 4. The number of carbonyl (C=O) groups is 1. The van der Waals surface area contributed by atoms with Crippen LogP contribution in [-0.4, -0.2) is 12.6 Å². The Morgan fingerprint density at radius 2 is 1.48 bits per heavy atom. The lowest BCUT2D eigenvalue weighted by molar-refractivity contribution is 0.102. The third-order valence-electron chi connectivity index (χ3n) is 4.52. The molecule has 3 rings (SSSR count). The topological polar surface area (TPSA) is 65.5 Å². The minimum absolute atomic E-state index is 0.179. The summed E-state index contributed by atoms with van der Waals surface area (Å²) in [5, 5.41) is 9.59. The Bertz CT molecular complexity index is 1120. The number of rotatable bonds is 8. The van der Waals surface area contributed by atoms with Crippen LogP contribution in [0.1, 0.15) is 24.2 Å². The van der Waals surface area contributed by atoms with E-state index in [2.05, 4.69) is 27.7 Å². The molecular formula is C26H26N4O. The van der Waals surface area contributed by atoms with Crippen LogP contribution >= 0.6 is 0 Å². The largest absolute Gasteiger partial charge is 0.356 e. The molecule has 5 nitrogen and oxygen atoms in total. The van der Waals surface area contributed by atoms with Crippen LogP contribution in [0.3, 0.4) is 0 Å². The van der Waals surface area contributed by atoms with Crippen molar-refractivity contribution < 1.29 is 4.79 Å². The fraction of sp³-hybridized carbons (Fsp3) is 0.0769. The molecule has 0 bridgehead atoms. The lowest BCUT2D eigenvalue weighted by atomic mass is 10.1. The summed E-state index contributed by atoms with van der Waals surface area (Å²) in [6, 6.07) is 24.9. The zero-order chi connectivity index (χ0) is 22.1. The predicted molar refractivity (Wildman–Crippen MR) is 131 cm³/mol. The molecule has 1 amide bonds. The number of nitrogens with one attached hydrogen (secondary N) is 3. The van der Waals surface area contributed by atoms with E-state index in [-0.39, 0.29) is 5.91 Å². The summed E-state index contributed by atoms with van der Waals surface area (Å²) in [5.41, 5.74) is 5.66. The van der Waals surface area contributed by atoms with Gasteiger partial charge in [-0.1, -0.05) is 36.4 Å². The number of benzene rings is 3. The van der Waals surface area contributed by atoms with Gasteiger partial charge in [0.25, 0.3) is 5.91 Å².